The molecule has 5 heteroatoms. The molecular formula is C17H20O5. The second-order valence-electron chi connectivity index (χ2n) is 4.95. The fourth-order valence-corrected chi connectivity index (χ4v) is 1.77. The molecule has 0 saturated carbocycles. The molecule has 0 fully saturated rings. The molecule has 0 saturated heterocycles. The first-order valence-corrected chi connectivity index (χ1v) is 6.93. The van der Waals surface area contributed by atoms with Crippen molar-refractivity contribution >= 4 is 23.8 Å². The number of benzene rings is 1. The highest BCUT2D eigenvalue weighted by molar-refractivity contribution is 5.94. The molecule has 0 aliphatic heterocycles. The van der Waals surface area contributed by atoms with E-state index in [2.05, 4.69) is 4.74 Å². The number of ether oxygens (including phenoxy) is 2. The number of esters is 2. The lowest BCUT2D eigenvalue weighted by atomic mass is 10.1. The van der Waals surface area contributed by atoms with Gasteiger partial charge in [0.05, 0.1) is 19.3 Å². The Hall–Kier alpha value is -2.43. The first-order valence-electron chi connectivity index (χ1n) is 6.93. The number of carbonyl (C=O) groups excluding carboxylic acids is 3. The van der Waals surface area contributed by atoms with E-state index in [9.17, 15) is 14.4 Å². The molecule has 0 unspecified atom stereocenters. The summed E-state index contributed by atoms with van der Waals surface area (Å²) in [5.41, 5.74) is 2.47. The zero-order chi connectivity index (χ0) is 16.5. The summed E-state index contributed by atoms with van der Waals surface area (Å²) in [5, 5.41) is 0. The SMILES string of the molecule is COC(=O)c1ccc(/C=C(\C)CCOC(=O)CC(C)=O)cc1. The molecule has 5 nitrogen and oxygen atoms in total. The van der Waals surface area contributed by atoms with E-state index in [1.54, 1.807) is 12.1 Å². The summed E-state index contributed by atoms with van der Waals surface area (Å²) >= 11 is 0. The van der Waals surface area contributed by atoms with Gasteiger partial charge in [0, 0.05) is 6.42 Å². The van der Waals surface area contributed by atoms with Crippen LogP contribution in [-0.2, 0) is 19.1 Å². The van der Waals surface area contributed by atoms with Gasteiger partial charge < -0.3 is 9.47 Å². The summed E-state index contributed by atoms with van der Waals surface area (Å²) < 4.78 is 9.60. The second-order valence-corrected chi connectivity index (χ2v) is 4.95. The summed E-state index contributed by atoms with van der Waals surface area (Å²) in [5.74, 6) is -1.07. The summed E-state index contributed by atoms with van der Waals surface area (Å²) in [4.78, 5) is 33.3. The normalized spacial score (nSPS) is 11.0. The van der Waals surface area contributed by atoms with E-state index in [0.717, 1.165) is 11.1 Å². The van der Waals surface area contributed by atoms with Crippen LogP contribution in [0.15, 0.2) is 29.8 Å². The highest BCUT2D eigenvalue weighted by Gasteiger charge is 2.06. The Morgan fingerprint density at radius 2 is 1.73 bits per heavy atom. The molecule has 0 amide bonds. The van der Waals surface area contributed by atoms with E-state index in [0.29, 0.717) is 12.0 Å². The molecule has 0 radical (unpaired) electrons. The maximum Gasteiger partial charge on any atom is 0.337 e. The summed E-state index contributed by atoms with van der Waals surface area (Å²) in [6.45, 7) is 3.52. The molecule has 0 atom stereocenters. The van der Waals surface area contributed by atoms with Gasteiger partial charge in [-0.15, -0.1) is 0 Å². The van der Waals surface area contributed by atoms with Crippen LogP contribution in [0.5, 0.6) is 0 Å². The number of hydrogen-bond donors (Lipinski definition) is 0. The van der Waals surface area contributed by atoms with Crippen LogP contribution in [0.25, 0.3) is 6.08 Å². The molecule has 1 aromatic carbocycles. The Morgan fingerprint density at radius 3 is 2.27 bits per heavy atom. The Balaban J connectivity index is 2.49. The van der Waals surface area contributed by atoms with E-state index >= 15 is 0 Å². The van der Waals surface area contributed by atoms with E-state index in [1.807, 2.05) is 25.1 Å². The average Bonchev–Trinajstić information content (AvgIpc) is 2.46. The van der Waals surface area contributed by atoms with Crippen LogP contribution in [0.2, 0.25) is 0 Å². The van der Waals surface area contributed by atoms with Crippen molar-refractivity contribution in [3.63, 3.8) is 0 Å². The lowest BCUT2D eigenvalue weighted by Crippen LogP contribution is -2.09. The maximum atomic E-state index is 11.3. The van der Waals surface area contributed by atoms with E-state index in [4.69, 9.17) is 4.74 Å². The van der Waals surface area contributed by atoms with E-state index in [-0.39, 0.29) is 24.8 Å². The molecule has 0 N–H and O–H groups in total. The first kappa shape index (κ1) is 17.6. The maximum absolute atomic E-state index is 11.3. The molecule has 1 rings (SSSR count). The third-order valence-corrected chi connectivity index (χ3v) is 2.90. The fourth-order valence-electron chi connectivity index (χ4n) is 1.77. The molecule has 0 aliphatic carbocycles. The molecule has 22 heavy (non-hydrogen) atoms. The Bertz CT molecular complexity index is 569. The quantitative estimate of drug-likeness (QED) is 0.572. The fraction of sp³-hybridized carbons (Fsp3) is 0.353. The van der Waals surface area contributed by atoms with Crippen molar-refractivity contribution in [2.75, 3.05) is 13.7 Å². The highest BCUT2D eigenvalue weighted by Crippen LogP contribution is 2.12. The van der Waals surface area contributed by atoms with Crippen molar-refractivity contribution in [3.05, 3.63) is 41.0 Å². The third-order valence-electron chi connectivity index (χ3n) is 2.90. The van der Waals surface area contributed by atoms with Gasteiger partial charge in [-0.3, -0.25) is 9.59 Å². The van der Waals surface area contributed by atoms with Crippen LogP contribution in [0.1, 0.15) is 42.6 Å². The van der Waals surface area contributed by atoms with Crippen molar-refractivity contribution < 1.29 is 23.9 Å². The number of rotatable bonds is 7. The van der Waals surface area contributed by atoms with Gasteiger partial charge in [-0.25, -0.2) is 4.79 Å². The van der Waals surface area contributed by atoms with Gasteiger partial charge in [0.1, 0.15) is 12.2 Å². The van der Waals surface area contributed by atoms with Crippen molar-refractivity contribution in [1.82, 2.24) is 0 Å². The predicted octanol–water partition coefficient (Wildman–Crippen LogP) is 2.79. The standard InChI is InChI=1S/C17H20O5/c1-12(8-9-22-16(19)11-13(2)18)10-14-4-6-15(7-5-14)17(20)21-3/h4-7,10H,8-9,11H2,1-3H3/b12-10+. The number of ketones is 1. The van der Waals surface area contributed by atoms with Crippen LogP contribution in [0.3, 0.4) is 0 Å². The van der Waals surface area contributed by atoms with Crippen molar-refractivity contribution in [2.24, 2.45) is 0 Å². The number of Topliss-reactive ketones (excluding diaryl/α,β-unsaturated/α-hetero) is 1. The second kappa shape index (κ2) is 8.77. The minimum absolute atomic E-state index is 0.183. The molecule has 118 valence electrons. The molecule has 1 aromatic rings. The molecule has 0 aliphatic rings. The zero-order valence-electron chi connectivity index (χ0n) is 13.0. The summed E-state index contributed by atoms with van der Waals surface area (Å²) in [6.07, 6.45) is 2.35. The van der Waals surface area contributed by atoms with Crippen molar-refractivity contribution in [2.45, 2.75) is 26.7 Å². The largest absolute Gasteiger partial charge is 0.465 e. The van der Waals surface area contributed by atoms with Gasteiger partial charge in [0.15, 0.2) is 0 Å². The first-order chi connectivity index (χ1) is 10.4. The van der Waals surface area contributed by atoms with Gasteiger partial charge >= 0.3 is 11.9 Å². The monoisotopic (exact) mass is 304 g/mol. The molecule has 0 aromatic heterocycles. The third kappa shape index (κ3) is 6.35. The Labute approximate surface area is 129 Å². The van der Waals surface area contributed by atoms with Gasteiger partial charge in [0.2, 0.25) is 0 Å². The van der Waals surface area contributed by atoms with E-state index in [1.165, 1.54) is 14.0 Å². The Kier molecular flexibility index (Phi) is 7.02. The summed E-state index contributed by atoms with van der Waals surface area (Å²) in [6, 6.07) is 7.02. The van der Waals surface area contributed by atoms with Crippen LogP contribution in [0, 0.1) is 0 Å². The predicted molar refractivity (Wildman–Crippen MR) is 82.3 cm³/mol. The highest BCUT2D eigenvalue weighted by atomic mass is 16.5. The molecular weight excluding hydrogens is 284 g/mol. The van der Waals surface area contributed by atoms with Gasteiger partial charge in [0.25, 0.3) is 0 Å². The van der Waals surface area contributed by atoms with Gasteiger partial charge in [-0.2, -0.15) is 0 Å². The number of hydrogen-bond acceptors (Lipinski definition) is 5. The van der Waals surface area contributed by atoms with Crippen molar-refractivity contribution in [3.8, 4) is 0 Å². The minimum atomic E-state index is -0.497. The Morgan fingerprint density at radius 1 is 1.09 bits per heavy atom. The van der Waals surface area contributed by atoms with Crippen LogP contribution < -0.4 is 0 Å². The molecule has 0 bridgehead atoms. The van der Waals surface area contributed by atoms with E-state index < -0.39 is 5.97 Å². The number of methoxy groups -OCH3 is 1. The zero-order valence-corrected chi connectivity index (χ0v) is 13.0. The lowest BCUT2D eigenvalue weighted by Gasteiger charge is -2.05. The molecule has 0 heterocycles. The smallest absolute Gasteiger partial charge is 0.337 e. The van der Waals surface area contributed by atoms with Gasteiger partial charge in [-0.05, 0) is 31.5 Å². The van der Waals surface area contributed by atoms with Crippen molar-refractivity contribution in [1.29, 1.82) is 0 Å². The average molecular weight is 304 g/mol. The van der Waals surface area contributed by atoms with Crippen LogP contribution in [0.4, 0.5) is 0 Å². The minimum Gasteiger partial charge on any atom is -0.465 e. The molecule has 0 spiro atoms. The summed E-state index contributed by atoms with van der Waals surface area (Å²) in [7, 11) is 1.34. The van der Waals surface area contributed by atoms with Crippen LogP contribution in [-0.4, -0.2) is 31.4 Å². The lowest BCUT2D eigenvalue weighted by molar-refractivity contribution is -0.145. The van der Waals surface area contributed by atoms with Gasteiger partial charge in [-0.1, -0.05) is 23.8 Å². The topological polar surface area (TPSA) is 69.7 Å². The van der Waals surface area contributed by atoms with Crippen LogP contribution >= 0.6 is 0 Å². The number of carbonyl (C=O) groups is 3.